The van der Waals surface area contributed by atoms with E-state index in [9.17, 15) is 9.59 Å². The van der Waals surface area contributed by atoms with Crippen molar-refractivity contribution in [3.05, 3.63) is 75.6 Å². The summed E-state index contributed by atoms with van der Waals surface area (Å²) in [6.07, 6.45) is 3.50. The zero-order valence-corrected chi connectivity index (χ0v) is 15.6. The van der Waals surface area contributed by atoms with Crippen LogP contribution in [0, 0.1) is 0 Å². The molecule has 142 valence electrons. The van der Waals surface area contributed by atoms with Crippen LogP contribution >= 0.6 is 0 Å². The van der Waals surface area contributed by atoms with Crippen molar-refractivity contribution in [2.24, 2.45) is 0 Å². The fourth-order valence-electron chi connectivity index (χ4n) is 3.39. The molecule has 0 atom stereocenters. The lowest BCUT2D eigenvalue weighted by molar-refractivity contribution is -0.145. The van der Waals surface area contributed by atoms with Crippen LogP contribution in [-0.2, 0) is 16.0 Å². The smallest absolute Gasteiger partial charge is 0.344 e. The summed E-state index contributed by atoms with van der Waals surface area (Å²) in [5, 5.41) is 0.517. The second-order valence-corrected chi connectivity index (χ2v) is 6.57. The van der Waals surface area contributed by atoms with E-state index in [2.05, 4.69) is 6.08 Å². The summed E-state index contributed by atoms with van der Waals surface area (Å²) in [6.45, 7) is 1.86. The van der Waals surface area contributed by atoms with E-state index < -0.39 is 5.97 Å². The number of carbonyl (C=O) groups is 1. The van der Waals surface area contributed by atoms with Gasteiger partial charge in [-0.1, -0.05) is 30.3 Å². The van der Waals surface area contributed by atoms with E-state index in [-0.39, 0.29) is 12.0 Å². The van der Waals surface area contributed by atoms with Gasteiger partial charge in [0.1, 0.15) is 17.1 Å². The summed E-state index contributed by atoms with van der Waals surface area (Å²) in [6, 6.07) is 15.0. The van der Waals surface area contributed by atoms with Crippen molar-refractivity contribution in [2.75, 3.05) is 13.2 Å². The molecule has 1 aliphatic rings. The first-order valence-electron chi connectivity index (χ1n) is 9.30. The molecule has 1 heterocycles. The van der Waals surface area contributed by atoms with Crippen molar-refractivity contribution in [1.82, 2.24) is 0 Å². The molecular formula is C23H20O5. The van der Waals surface area contributed by atoms with Gasteiger partial charge >= 0.3 is 5.97 Å². The number of benzene rings is 2. The van der Waals surface area contributed by atoms with E-state index in [1.165, 1.54) is 0 Å². The van der Waals surface area contributed by atoms with Gasteiger partial charge in [-0.25, -0.2) is 4.79 Å². The molecule has 5 nitrogen and oxygen atoms in total. The minimum absolute atomic E-state index is 0.00958. The monoisotopic (exact) mass is 376 g/mol. The van der Waals surface area contributed by atoms with Gasteiger partial charge in [0.25, 0.3) is 0 Å². The summed E-state index contributed by atoms with van der Waals surface area (Å²) >= 11 is 0. The Kier molecular flexibility index (Phi) is 4.98. The first-order chi connectivity index (χ1) is 13.7. The average Bonchev–Trinajstić information content (AvgIpc) is 3.10. The van der Waals surface area contributed by atoms with Gasteiger partial charge in [0.15, 0.2) is 12.0 Å². The Morgan fingerprint density at radius 1 is 1.14 bits per heavy atom. The van der Waals surface area contributed by atoms with Crippen molar-refractivity contribution in [2.45, 2.75) is 19.8 Å². The molecule has 0 aliphatic heterocycles. The second-order valence-electron chi connectivity index (χ2n) is 6.57. The molecular weight excluding hydrogens is 356 g/mol. The van der Waals surface area contributed by atoms with E-state index in [4.69, 9.17) is 13.9 Å². The fourth-order valence-corrected chi connectivity index (χ4v) is 3.39. The quantitative estimate of drug-likeness (QED) is 0.624. The SMILES string of the molecule is CCOC(=O)COc1ccc2c(=O)c3c(oc2c1)C(=Cc1ccccc1)CC3. The molecule has 2 aromatic carbocycles. The molecule has 0 bridgehead atoms. The van der Waals surface area contributed by atoms with Crippen LogP contribution in [0.4, 0.5) is 0 Å². The van der Waals surface area contributed by atoms with Crippen LogP contribution in [-0.4, -0.2) is 19.2 Å². The van der Waals surface area contributed by atoms with Crippen molar-refractivity contribution >= 4 is 28.6 Å². The summed E-state index contributed by atoms with van der Waals surface area (Å²) in [4.78, 5) is 24.4. The molecule has 0 radical (unpaired) electrons. The van der Waals surface area contributed by atoms with Crippen LogP contribution in [0.25, 0.3) is 22.6 Å². The van der Waals surface area contributed by atoms with Crippen LogP contribution in [0.2, 0.25) is 0 Å². The lowest BCUT2D eigenvalue weighted by Gasteiger charge is -2.08. The molecule has 28 heavy (non-hydrogen) atoms. The Hall–Kier alpha value is -3.34. The highest BCUT2D eigenvalue weighted by atomic mass is 16.6. The highest BCUT2D eigenvalue weighted by molar-refractivity contribution is 5.87. The van der Waals surface area contributed by atoms with Crippen LogP contribution in [0.3, 0.4) is 0 Å². The van der Waals surface area contributed by atoms with Gasteiger partial charge in [0.05, 0.1) is 12.0 Å². The van der Waals surface area contributed by atoms with Crippen molar-refractivity contribution in [3.8, 4) is 5.75 Å². The Morgan fingerprint density at radius 2 is 1.96 bits per heavy atom. The number of hydrogen-bond donors (Lipinski definition) is 0. The molecule has 0 spiro atoms. The van der Waals surface area contributed by atoms with E-state index in [1.807, 2.05) is 30.3 Å². The number of esters is 1. The minimum Gasteiger partial charge on any atom is -0.482 e. The fraction of sp³-hybridized carbons (Fsp3) is 0.217. The molecule has 0 amide bonds. The maximum absolute atomic E-state index is 12.9. The molecule has 0 fully saturated rings. The number of rotatable bonds is 5. The van der Waals surface area contributed by atoms with Gasteiger partial charge in [-0.05, 0) is 49.1 Å². The number of fused-ring (bicyclic) bond motifs is 2. The molecule has 0 unspecified atom stereocenters. The highest BCUT2D eigenvalue weighted by Crippen LogP contribution is 2.34. The molecule has 1 aliphatic carbocycles. The minimum atomic E-state index is -0.439. The third-order valence-electron chi connectivity index (χ3n) is 4.70. The number of carbonyl (C=O) groups excluding carboxylic acids is 1. The van der Waals surface area contributed by atoms with E-state index >= 15 is 0 Å². The third-order valence-corrected chi connectivity index (χ3v) is 4.70. The summed E-state index contributed by atoms with van der Waals surface area (Å²) < 4.78 is 16.4. The van der Waals surface area contributed by atoms with Gasteiger partial charge in [0.2, 0.25) is 0 Å². The largest absolute Gasteiger partial charge is 0.482 e. The van der Waals surface area contributed by atoms with Gasteiger partial charge in [0, 0.05) is 11.6 Å². The predicted molar refractivity (Wildman–Crippen MR) is 107 cm³/mol. The summed E-state index contributed by atoms with van der Waals surface area (Å²) in [7, 11) is 0. The van der Waals surface area contributed by atoms with Crippen molar-refractivity contribution < 1.29 is 18.7 Å². The molecule has 0 saturated heterocycles. The van der Waals surface area contributed by atoms with Crippen LogP contribution in [0.15, 0.2) is 57.7 Å². The van der Waals surface area contributed by atoms with E-state index in [0.717, 1.165) is 23.1 Å². The Morgan fingerprint density at radius 3 is 2.75 bits per heavy atom. The number of hydrogen-bond acceptors (Lipinski definition) is 5. The van der Waals surface area contributed by atoms with Crippen LogP contribution in [0.5, 0.6) is 5.75 Å². The first-order valence-corrected chi connectivity index (χ1v) is 9.30. The highest BCUT2D eigenvalue weighted by Gasteiger charge is 2.24. The second kappa shape index (κ2) is 7.72. The van der Waals surface area contributed by atoms with Gasteiger partial charge < -0.3 is 13.9 Å². The van der Waals surface area contributed by atoms with Crippen LogP contribution < -0.4 is 10.2 Å². The number of ether oxygens (including phenoxy) is 2. The Bertz CT molecular complexity index is 1110. The van der Waals surface area contributed by atoms with E-state index in [1.54, 1.807) is 25.1 Å². The molecule has 3 aromatic rings. The molecule has 0 saturated carbocycles. The Balaban J connectivity index is 1.69. The lowest BCUT2D eigenvalue weighted by atomic mass is 10.1. The maximum atomic E-state index is 12.9. The first kappa shape index (κ1) is 18.0. The number of allylic oxidation sites excluding steroid dienone is 1. The normalized spacial score (nSPS) is 14.2. The molecule has 1 aromatic heterocycles. The molecule has 4 rings (SSSR count). The predicted octanol–water partition coefficient (Wildman–Crippen LogP) is 4.22. The Labute approximate surface area is 162 Å². The third kappa shape index (κ3) is 3.56. The van der Waals surface area contributed by atoms with Gasteiger partial charge in [-0.3, -0.25) is 4.79 Å². The average molecular weight is 376 g/mol. The molecule has 0 N–H and O–H groups in total. The summed E-state index contributed by atoms with van der Waals surface area (Å²) in [5.74, 6) is 0.658. The zero-order chi connectivity index (χ0) is 19.5. The van der Waals surface area contributed by atoms with E-state index in [0.29, 0.717) is 35.5 Å². The van der Waals surface area contributed by atoms with Crippen molar-refractivity contribution in [3.63, 3.8) is 0 Å². The van der Waals surface area contributed by atoms with Gasteiger partial charge in [-0.2, -0.15) is 0 Å². The maximum Gasteiger partial charge on any atom is 0.344 e. The zero-order valence-electron chi connectivity index (χ0n) is 15.6. The summed E-state index contributed by atoms with van der Waals surface area (Å²) in [5.41, 5.74) is 3.24. The molecule has 5 heteroatoms. The standard InChI is InChI=1S/C23H20O5/c1-2-26-21(24)14-27-17-9-11-18-20(13-17)28-23-16(8-10-19(23)22(18)25)12-15-6-4-3-5-7-15/h3-7,9,11-13H,2,8,10,14H2,1H3. The lowest BCUT2D eigenvalue weighted by Crippen LogP contribution is -2.14. The van der Waals surface area contributed by atoms with Crippen LogP contribution in [0.1, 0.15) is 30.2 Å². The van der Waals surface area contributed by atoms with Crippen molar-refractivity contribution in [1.29, 1.82) is 0 Å². The topological polar surface area (TPSA) is 65.7 Å². The van der Waals surface area contributed by atoms with Gasteiger partial charge in [-0.15, -0.1) is 0 Å².